The van der Waals surface area contributed by atoms with E-state index in [9.17, 15) is 5.11 Å². The van der Waals surface area contributed by atoms with E-state index in [0.717, 1.165) is 6.42 Å². The number of hydrogen-bond acceptors (Lipinski definition) is 2. The van der Waals surface area contributed by atoms with E-state index in [0.29, 0.717) is 0 Å². The molecule has 0 radical (unpaired) electrons. The Kier molecular flexibility index (Phi) is 4.60. The molecular formula is C12H26O2. The standard InChI is InChI=1S/C12H26O2/c1-11(2,3)7-9(10(14)8-13)12(4,5)6/h9-10,13-14H,7-8H2,1-6H3. The first-order chi connectivity index (χ1) is 6.08. The maximum absolute atomic E-state index is 9.77. The van der Waals surface area contributed by atoms with Gasteiger partial charge in [0, 0.05) is 0 Å². The minimum atomic E-state index is -0.603. The van der Waals surface area contributed by atoms with Crippen molar-refractivity contribution >= 4 is 0 Å². The molecule has 0 spiro atoms. The highest BCUT2D eigenvalue weighted by atomic mass is 16.3. The lowest BCUT2D eigenvalue weighted by Gasteiger charge is -2.38. The van der Waals surface area contributed by atoms with Crippen LogP contribution in [0.15, 0.2) is 0 Å². The van der Waals surface area contributed by atoms with Crippen LogP contribution in [-0.2, 0) is 0 Å². The van der Waals surface area contributed by atoms with Gasteiger partial charge in [0.25, 0.3) is 0 Å². The molecule has 2 nitrogen and oxygen atoms in total. The van der Waals surface area contributed by atoms with Crippen LogP contribution in [0.5, 0.6) is 0 Å². The van der Waals surface area contributed by atoms with Crippen LogP contribution in [0.2, 0.25) is 0 Å². The smallest absolute Gasteiger partial charge is 0.0804 e. The van der Waals surface area contributed by atoms with Crippen LogP contribution in [0.4, 0.5) is 0 Å². The van der Waals surface area contributed by atoms with Crippen molar-refractivity contribution in [2.24, 2.45) is 16.7 Å². The molecule has 0 heterocycles. The van der Waals surface area contributed by atoms with Crippen molar-refractivity contribution in [2.45, 2.75) is 54.1 Å². The van der Waals surface area contributed by atoms with E-state index >= 15 is 0 Å². The lowest BCUT2D eigenvalue weighted by atomic mass is 9.70. The predicted octanol–water partition coefficient (Wildman–Crippen LogP) is 2.44. The van der Waals surface area contributed by atoms with E-state index in [1.54, 1.807) is 0 Å². The first kappa shape index (κ1) is 13.9. The predicted molar refractivity (Wildman–Crippen MR) is 60.1 cm³/mol. The third kappa shape index (κ3) is 4.97. The Hall–Kier alpha value is -0.0800. The monoisotopic (exact) mass is 202 g/mol. The highest BCUT2D eigenvalue weighted by Crippen LogP contribution is 2.37. The van der Waals surface area contributed by atoms with Gasteiger partial charge in [-0.3, -0.25) is 0 Å². The molecule has 2 atom stereocenters. The van der Waals surface area contributed by atoms with Crippen molar-refractivity contribution in [3.63, 3.8) is 0 Å². The van der Waals surface area contributed by atoms with Crippen molar-refractivity contribution in [3.8, 4) is 0 Å². The molecule has 2 unspecified atom stereocenters. The van der Waals surface area contributed by atoms with Gasteiger partial charge in [0.2, 0.25) is 0 Å². The fourth-order valence-electron chi connectivity index (χ4n) is 1.81. The van der Waals surface area contributed by atoms with Gasteiger partial charge in [-0.1, -0.05) is 41.5 Å². The maximum Gasteiger partial charge on any atom is 0.0804 e. The van der Waals surface area contributed by atoms with Gasteiger partial charge in [-0.05, 0) is 23.2 Å². The van der Waals surface area contributed by atoms with Crippen molar-refractivity contribution in [1.82, 2.24) is 0 Å². The highest BCUT2D eigenvalue weighted by Gasteiger charge is 2.33. The number of aliphatic hydroxyl groups is 2. The van der Waals surface area contributed by atoms with Crippen LogP contribution in [0.1, 0.15) is 48.0 Å². The summed E-state index contributed by atoms with van der Waals surface area (Å²) < 4.78 is 0. The topological polar surface area (TPSA) is 40.5 Å². The fraction of sp³-hybridized carbons (Fsp3) is 1.00. The van der Waals surface area contributed by atoms with Gasteiger partial charge in [0.15, 0.2) is 0 Å². The molecule has 0 amide bonds. The Morgan fingerprint density at radius 1 is 1.00 bits per heavy atom. The Morgan fingerprint density at radius 3 is 1.64 bits per heavy atom. The van der Waals surface area contributed by atoms with Crippen molar-refractivity contribution in [1.29, 1.82) is 0 Å². The van der Waals surface area contributed by atoms with E-state index in [4.69, 9.17) is 5.11 Å². The molecule has 0 aromatic rings. The molecule has 2 N–H and O–H groups in total. The van der Waals surface area contributed by atoms with E-state index < -0.39 is 6.10 Å². The zero-order valence-electron chi connectivity index (χ0n) is 10.5. The molecule has 0 saturated heterocycles. The maximum atomic E-state index is 9.77. The van der Waals surface area contributed by atoms with Gasteiger partial charge < -0.3 is 10.2 Å². The fourth-order valence-corrected chi connectivity index (χ4v) is 1.81. The summed E-state index contributed by atoms with van der Waals surface area (Å²) in [5.74, 6) is 0.146. The molecule has 0 fully saturated rings. The summed E-state index contributed by atoms with van der Waals surface area (Å²) >= 11 is 0. The minimum Gasteiger partial charge on any atom is -0.394 e. The Morgan fingerprint density at radius 2 is 1.43 bits per heavy atom. The van der Waals surface area contributed by atoms with Gasteiger partial charge in [-0.15, -0.1) is 0 Å². The Labute approximate surface area is 88.3 Å². The SMILES string of the molecule is CC(C)(C)CC(C(O)CO)C(C)(C)C. The quantitative estimate of drug-likeness (QED) is 0.738. The van der Waals surface area contributed by atoms with E-state index in [1.165, 1.54) is 0 Å². The van der Waals surface area contributed by atoms with Gasteiger partial charge in [-0.2, -0.15) is 0 Å². The van der Waals surface area contributed by atoms with Crippen LogP contribution >= 0.6 is 0 Å². The lowest BCUT2D eigenvalue weighted by molar-refractivity contribution is -0.0165. The Balaban J connectivity index is 4.58. The third-order valence-corrected chi connectivity index (χ3v) is 2.60. The molecule has 0 aromatic carbocycles. The van der Waals surface area contributed by atoms with E-state index in [-0.39, 0.29) is 23.4 Å². The minimum absolute atomic E-state index is 0.0371. The Bertz CT molecular complexity index is 162. The number of aliphatic hydroxyl groups excluding tert-OH is 2. The van der Waals surface area contributed by atoms with E-state index in [2.05, 4.69) is 41.5 Å². The largest absolute Gasteiger partial charge is 0.394 e. The second-order valence-corrected chi connectivity index (χ2v) is 6.49. The number of hydrogen-bond donors (Lipinski definition) is 2. The molecular weight excluding hydrogens is 176 g/mol. The van der Waals surface area contributed by atoms with Gasteiger partial charge in [-0.25, -0.2) is 0 Å². The van der Waals surface area contributed by atoms with Gasteiger partial charge in [0.05, 0.1) is 12.7 Å². The summed E-state index contributed by atoms with van der Waals surface area (Å²) in [5.41, 5.74) is 0.226. The molecule has 0 bridgehead atoms. The van der Waals surface area contributed by atoms with Crippen molar-refractivity contribution < 1.29 is 10.2 Å². The molecule has 0 aliphatic heterocycles. The van der Waals surface area contributed by atoms with Gasteiger partial charge >= 0.3 is 0 Å². The normalized spacial score (nSPS) is 18.0. The lowest BCUT2D eigenvalue weighted by Crippen LogP contribution is -2.37. The molecule has 86 valence electrons. The zero-order valence-corrected chi connectivity index (χ0v) is 10.5. The average Bonchev–Trinajstić information content (AvgIpc) is 1.95. The van der Waals surface area contributed by atoms with E-state index in [1.807, 2.05) is 0 Å². The molecule has 0 rings (SSSR count). The molecule has 2 heteroatoms. The number of rotatable bonds is 3. The van der Waals surface area contributed by atoms with Crippen LogP contribution in [0.3, 0.4) is 0 Å². The van der Waals surface area contributed by atoms with Crippen LogP contribution in [0, 0.1) is 16.7 Å². The molecule has 0 aromatic heterocycles. The van der Waals surface area contributed by atoms with Crippen molar-refractivity contribution in [2.75, 3.05) is 6.61 Å². The summed E-state index contributed by atoms with van der Waals surface area (Å²) in [6, 6.07) is 0. The summed E-state index contributed by atoms with van der Waals surface area (Å²) in [4.78, 5) is 0. The summed E-state index contributed by atoms with van der Waals surface area (Å²) in [5, 5.41) is 18.8. The molecule has 0 aliphatic carbocycles. The van der Waals surface area contributed by atoms with Gasteiger partial charge in [0.1, 0.15) is 0 Å². The first-order valence-corrected chi connectivity index (χ1v) is 5.37. The summed E-state index contributed by atoms with van der Waals surface area (Å²) in [6.07, 6.45) is 0.326. The molecule has 0 aliphatic rings. The summed E-state index contributed by atoms with van der Waals surface area (Å²) in [7, 11) is 0. The molecule has 14 heavy (non-hydrogen) atoms. The van der Waals surface area contributed by atoms with Crippen LogP contribution in [0.25, 0.3) is 0 Å². The van der Waals surface area contributed by atoms with Crippen LogP contribution < -0.4 is 0 Å². The highest BCUT2D eigenvalue weighted by molar-refractivity contribution is 4.83. The zero-order chi connectivity index (χ0) is 11.6. The first-order valence-electron chi connectivity index (χ1n) is 5.37. The third-order valence-electron chi connectivity index (χ3n) is 2.60. The second kappa shape index (κ2) is 4.63. The van der Waals surface area contributed by atoms with Crippen molar-refractivity contribution in [3.05, 3.63) is 0 Å². The molecule has 0 saturated carbocycles. The second-order valence-electron chi connectivity index (χ2n) is 6.49. The van der Waals surface area contributed by atoms with Crippen LogP contribution in [-0.4, -0.2) is 22.9 Å². The summed E-state index contributed by atoms with van der Waals surface area (Å²) in [6.45, 7) is 12.7. The average molecular weight is 202 g/mol.